The Labute approximate surface area is 78.9 Å². The molecule has 2 nitrogen and oxygen atoms in total. The SMILES string of the molecule is C=Cc1ccc(NCC(C)O)cc1. The monoisotopic (exact) mass is 177 g/mol. The number of hydrogen-bond donors (Lipinski definition) is 2. The number of anilines is 1. The van der Waals surface area contributed by atoms with Crippen LogP contribution >= 0.6 is 0 Å². The maximum absolute atomic E-state index is 9.04. The van der Waals surface area contributed by atoms with Crippen molar-refractivity contribution in [2.24, 2.45) is 0 Å². The molecule has 0 radical (unpaired) electrons. The topological polar surface area (TPSA) is 32.3 Å². The molecule has 0 aliphatic carbocycles. The van der Waals surface area contributed by atoms with Crippen molar-refractivity contribution < 1.29 is 5.11 Å². The van der Waals surface area contributed by atoms with E-state index in [0.717, 1.165) is 11.3 Å². The summed E-state index contributed by atoms with van der Waals surface area (Å²) in [4.78, 5) is 0. The molecule has 0 aromatic heterocycles. The van der Waals surface area contributed by atoms with E-state index in [0.29, 0.717) is 6.54 Å². The number of nitrogens with one attached hydrogen (secondary N) is 1. The van der Waals surface area contributed by atoms with Crippen LogP contribution in [0.2, 0.25) is 0 Å². The van der Waals surface area contributed by atoms with Gasteiger partial charge < -0.3 is 10.4 Å². The van der Waals surface area contributed by atoms with Gasteiger partial charge in [0.15, 0.2) is 0 Å². The molecular formula is C11H15NO. The standard InChI is InChI=1S/C11H15NO/c1-3-10-4-6-11(7-5-10)12-8-9(2)13/h3-7,9,12-13H,1,8H2,2H3. The summed E-state index contributed by atoms with van der Waals surface area (Å²) in [5, 5.41) is 12.1. The summed E-state index contributed by atoms with van der Waals surface area (Å²) in [5.41, 5.74) is 2.12. The summed E-state index contributed by atoms with van der Waals surface area (Å²) < 4.78 is 0. The van der Waals surface area contributed by atoms with Crippen LogP contribution in [0.15, 0.2) is 30.8 Å². The minimum atomic E-state index is -0.320. The Hall–Kier alpha value is -1.28. The Balaban J connectivity index is 2.54. The Morgan fingerprint density at radius 3 is 2.54 bits per heavy atom. The normalized spacial score (nSPS) is 12.2. The molecular weight excluding hydrogens is 162 g/mol. The van der Waals surface area contributed by atoms with Crippen LogP contribution in [-0.4, -0.2) is 17.8 Å². The molecule has 0 amide bonds. The number of aliphatic hydroxyl groups excluding tert-OH is 1. The smallest absolute Gasteiger partial charge is 0.0684 e. The van der Waals surface area contributed by atoms with E-state index in [1.54, 1.807) is 13.0 Å². The molecule has 70 valence electrons. The highest BCUT2D eigenvalue weighted by molar-refractivity contribution is 5.53. The first-order chi connectivity index (χ1) is 6.22. The summed E-state index contributed by atoms with van der Waals surface area (Å²) in [6, 6.07) is 7.91. The third-order valence-electron chi connectivity index (χ3n) is 1.75. The van der Waals surface area contributed by atoms with Gasteiger partial charge in [0.25, 0.3) is 0 Å². The predicted octanol–water partition coefficient (Wildman–Crippen LogP) is 2.12. The molecule has 1 rings (SSSR count). The van der Waals surface area contributed by atoms with Crippen LogP contribution in [0.3, 0.4) is 0 Å². The Bertz CT molecular complexity index is 264. The fourth-order valence-corrected chi connectivity index (χ4v) is 1.00. The van der Waals surface area contributed by atoms with E-state index in [1.807, 2.05) is 24.3 Å². The number of benzene rings is 1. The Kier molecular flexibility index (Phi) is 3.53. The van der Waals surface area contributed by atoms with E-state index >= 15 is 0 Å². The number of aliphatic hydroxyl groups is 1. The fourth-order valence-electron chi connectivity index (χ4n) is 1.00. The lowest BCUT2D eigenvalue weighted by atomic mass is 10.2. The van der Waals surface area contributed by atoms with E-state index in [1.165, 1.54) is 0 Å². The zero-order chi connectivity index (χ0) is 9.68. The van der Waals surface area contributed by atoms with Gasteiger partial charge in [-0.25, -0.2) is 0 Å². The van der Waals surface area contributed by atoms with Gasteiger partial charge in [0.2, 0.25) is 0 Å². The predicted molar refractivity (Wildman–Crippen MR) is 56.7 cm³/mol. The highest BCUT2D eigenvalue weighted by atomic mass is 16.3. The third-order valence-corrected chi connectivity index (χ3v) is 1.75. The minimum absolute atomic E-state index is 0.320. The summed E-state index contributed by atoms with van der Waals surface area (Å²) in [6.07, 6.45) is 1.48. The molecule has 1 aromatic carbocycles. The average Bonchev–Trinajstić information content (AvgIpc) is 2.15. The molecule has 13 heavy (non-hydrogen) atoms. The van der Waals surface area contributed by atoms with Gasteiger partial charge in [-0.2, -0.15) is 0 Å². The van der Waals surface area contributed by atoms with Crippen molar-refractivity contribution in [3.63, 3.8) is 0 Å². The summed E-state index contributed by atoms with van der Waals surface area (Å²) in [7, 11) is 0. The van der Waals surface area contributed by atoms with Gasteiger partial charge in [0.1, 0.15) is 0 Å². The molecule has 2 heteroatoms. The first kappa shape index (κ1) is 9.81. The van der Waals surface area contributed by atoms with Gasteiger partial charge in [-0.1, -0.05) is 24.8 Å². The second kappa shape index (κ2) is 4.67. The largest absolute Gasteiger partial charge is 0.392 e. The minimum Gasteiger partial charge on any atom is -0.392 e. The van der Waals surface area contributed by atoms with Crippen molar-refractivity contribution in [1.29, 1.82) is 0 Å². The lowest BCUT2D eigenvalue weighted by Gasteiger charge is -2.08. The van der Waals surface area contributed by atoms with Gasteiger partial charge in [-0.3, -0.25) is 0 Å². The molecule has 0 spiro atoms. The average molecular weight is 177 g/mol. The summed E-state index contributed by atoms with van der Waals surface area (Å²) in [6.45, 7) is 6.01. The van der Waals surface area contributed by atoms with Crippen LogP contribution in [-0.2, 0) is 0 Å². The van der Waals surface area contributed by atoms with E-state index in [2.05, 4.69) is 11.9 Å². The number of rotatable bonds is 4. The van der Waals surface area contributed by atoms with Gasteiger partial charge in [-0.05, 0) is 24.6 Å². The first-order valence-corrected chi connectivity index (χ1v) is 4.37. The van der Waals surface area contributed by atoms with Gasteiger partial charge in [0, 0.05) is 12.2 Å². The fraction of sp³-hybridized carbons (Fsp3) is 0.273. The van der Waals surface area contributed by atoms with E-state index in [4.69, 9.17) is 5.11 Å². The van der Waals surface area contributed by atoms with Crippen LogP contribution in [0.25, 0.3) is 6.08 Å². The molecule has 0 saturated carbocycles. The van der Waals surface area contributed by atoms with Crippen molar-refractivity contribution in [3.8, 4) is 0 Å². The molecule has 2 N–H and O–H groups in total. The van der Waals surface area contributed by atoms with Gasteiger partial charge >= 0.3 is 0 Å². The van der Waals surface area contributed by atoms with Crippen molar-refractivity contribution in [1.82, 2.24) is 0 Å². The van der Waals surface area contributed by atoms with Crippen molar-refractivity contribution >= 4 is 11.8 Å². The van der Waals surface area contributed by atoms with Crippen LogP contribution in [0.5, 0.6) is 0 Å². The van der Waals surface area contributed by atoms with Crippen LogP contribution in [0, 0.1) is 0 Å². The quantitative estimate of drug-likeness (QED) is 0.738. The molecule has 0 aliphatic rings. The molecule has 1 atom stereocenters. The van der Waals surface area contributed by atoms with Crippen LogP contribution in [0.1, 0.15) is 12.5 Å². The molecule has 1 unspecified atom stereocenters. The molecule has 0 saturated heterocycles. The second-order valence-corrected chi connectivity index (χ2v) is 3.06. The Morgan fingerprint density at radius 1 is 1.46 bits per heavy atom. The lowest BCUT2D eigenvalue weighted by Crippen LogP contribution is -2.15. The summed E-state index contributed by atoms with van der Waals surface area (Å²) in [5.74, 6) is 0. The maximum Gasteiger partial charge on any atom is 0.0684 e. The zero-order valence-corrected chi connectivity index (χ0v) is 7.83. The van der Waals surface area contributed by atoms with E-state index in [-0.39, 0.29) is 6.10 Å². The van der Waals surface area contributed by atoms with Crippen molar-refractivity contribution in [2.75, 3.05) is 11.9 Å². The Morgan fingerprint density at radius 2 is 2.08 bits per heavy atom. The molecule has 0 bridgehead atoms. The molecule has 1 aromatic rings. The first-order valence-electron chi connectivity index (χ1n) is 4.37. The van der Waals surface area contributed by atoms with Crippen LogP contribution < -0.4 is 5.32 Å². The molecule has 0 heterocycles. The third kappa shape index (κ3) is 3.30. The lowest BCUT2D eigenvalue weighted by molar-refractivity contribution is 0.208. The maximum atomic E-state index is 9.04. The van der Waals surface area contributed by atoms with E-state index in [9.17, 15) is 0 Å². The summed E-state index contributed by atoms with van der Waals surface area (Å²) >= 11 is 0. The van der Waals surface area contributed by atoms with Crippen molar-refractivity contribution in [2.45, 2.75) is 13.0 Å². The van der Waals surface area contributed by atoms with Gasteiger partial charge in [-0.15, -0.1) is 0 Å². The highest BCUT2D eigenvalue weighted by Gasteiger charge is 1.95. The van der Waals surface area contributed by atoms with Crippen LogP contribution in [0.4, 0.5) is 5.69 Å². The van der Waals surface area contributed by atoms with Gasteiger partial charge in [0.05, 0.1) is 6.10 Å². The highest BCUT2D eigenvalue weighted by Crippen LogP contribution is 2.09. The second-order valence-electron chi connectivity index (χ2n) is 3.06. The number of hydrogen-bond acceptors (Lipinski definition) is 2. The zero-order valence-electron chi connectivity index (χ0n) is 7.83. The molecule has 0 fully saturated rings. The van der Waals surface area contributed by atoms with E-state index < -0.39 is 0 Å². The van der Waals surface area contributed by atoms with Crippen molar-refractivity contribution in [3.05, 3.63) is 36.4 Å². The molecule has 0 aliphatic heterocycles.